The molecule has 5 aliphatic rings. The van der Waals surface area contributed by atoms with E-state index in [1.807, 2.05) is 7.05 Å². The van der Waals surface area contributed by atoms with Crippen LogP contribution in [0.2, 0.25) is 0 Å². The van der Waals surface area contributed by atoms with Crippen molar-refractivity contribution in [2.45, 2.75) is 57.4 Å². The van der Waals surface area contributed by atoms with Gasteiger partial charge in [0.25, 0.3) is 5.91 Å². The van der Waals surface area contributed by atoms with Gasteiger partial charge in [-0.3, -0.25) is 14.4 Å². The van der Waals surface area contributed by atoms with E-state index in [9.17, 15) is 9.59 Å². The molecule has 1 aromatic heterocycles. The fourth-order valence-corrected chi connectivity index (χ4v) is 6.72. The summed E-state index contributed by atoms with van der Waals surface area (Å²) >= 11 is 0. The van der Waals surface area contributed by atoms with Crippen molar-refractivity contribution in [3.63, 3.8) is 0 Å². The van der Waals surface area contributed by atoms with Crippen LogP contribution in [-0.4, -0.2) is 33.2 Å². The Bertz CT molecular complexity index is 734. The lowest BCUT2D eigenvalue weighted by Crippen LogP contribution is -2.48. The predicted molar refractivity (Wildman–Crippen MR) is 96.0 cm³/mol. The minimum absolute atomic E-state index is 0.139. The van der Waals surface area contributed by atoms with E-state index in [4.69, 9.17) is 0 Å². The van der Waals surface area contributed by atoms with E-state index in [0.29, 0.717) is 12.0 Å². The number of amides is 3. The highest BCUT2D eigenvalue weighted by Gasteiger charge is 2.53. The fraction of sp³-hybridized carbons (Fsp3) is 0.750. The molecule has 6 nitrogen and oxygen atoms in total. The first-order valence-electron chi connectivity index (χ1n) is 10.0. The summed E-state index contributed by atoms with van der Waals surface area (Å²) in [4.78, 5) is 27.1. The summed E-state index contributed by atoms with van der Waals surface area (Å²) in [7, 11) is 1.82. The minimum Gasteiger partial charge on any atom is -0.319 e. The number of carbonyl (C=O) groups excluding carboxylic acids is 2. The van der Waals surface area contributed by atoms with Gasteiger partial charge in [0.2, 0.25) is 0 Å². The molecule has 2 heterocycles. The van der Waals surface area contributed by atoms with Crippen molar-refractivity contribution in [3.8, 4) is 0 Å². The topological polar surface area (TPSA) is 67.2 Å². The molecule has 4 aliphatic carbocycles. The Kier molecular flexibility index (Phi) is 3.35. The number of hydrogen-bond acceptors (Lipinski definition) is 3. The first-order chi connectivity index (χ1) is 12.4. The lowest BCUT2D eigenvalue weighted by atomic mass is 9.49. The lowest BCUT2D eigenvalue weighted by Gasteiger charge is -2.57. The average Bonchev–Trinajstić information content (AvgIpc) is 3.08. The van der Waals surface area contributed by atoms with Gasteiger partial charge in [0.15, 0.2) is 0 Å². The molecule has 1 aliphatic heterocycles. The first-order valence-corrected chi connectivity index (χ1v) is 10.0. The van der Waals surface area contributed by atoms with Crippen molar-refractivity contribution >= 4 is 11.9 Å². The molecule has 6 rings (SSSR count). The molecule has 1 N–H and O–H groups in total. The van der Waals surface area contributed by atoms with Crippen LogP contribution in [0.4, 0.5) is 4.79 Å². The molecule has 1 unspecified atom stereocenters. The van der Waals surface area contributed by atoms with Crippen LogP contribution in [0.3, 0.4) is 0 Å². The van der Waals surface area contributed by atoms with Crippen molar-refractivity contribution in [3.05, 3.63) is 18.0 Å². The van der Waals surface area contributed by atoms with Gasteiger partial charge in [-0.1, -0.05) is 0 Å². The molecule has 0 aromatic carbocycles. The summed E-state index contributed by atoms with van der Waals surface area (Å²) in [5, 5.41) is 7.06. The van der Waals surface area contributed by atoms with Crippen molar-refractivity contribution in [1.29, 1.82) is 0 Å². The maximum Gasteiger partial charge on any atom is 0.325 e. The zero-order valence-electron chi connectivity index (χ0n) is 15.7. The van der Waals surface area contributed by atoms with E-state index in [0.717, 1.165) is 29.7 Å². The van der Waals surface area contributed by atoms with Crippen LogP contribution in [0.1, 0.15) is 57.4 Å². The van der Waals surface area contributed by atoms with Gasteiger partial charge in [-0.2, -0.15) is 5.10 Å². The molecule has 4 saturated carbocycles. The molecular weight excluding hydrogens is 328 g/mol. The number of aryl methyl sites for hydroxylation is 1. The largest absolute Gasteiger partial charge is 0.325 e. The maximum atomic E-state index is 13.1. The van der Waals surface area contributed by atoms with E-state index in [-0.39, 0.29) is 11.9 Å². The van der Waals surface area contributed by atoms with Gasteiger partial charge in [0.1, 0.15) is 5.54 Å². The molecule has 140 valence electrons. The zero-order chi connectivity index (χ0) is 18.1. The van der Waals surface area contributed by atoms with Gasteiger partial charge < -0.3 is 5.32 Å². The lowest BCUT2D eigenvalue weighted by molar-refractivity contribution is -0.131. The Morgan fingerprint density at radius 3 is 2.31 bits per heavy atom. The summed E-state index contributed by atoms with van der Waals surface area (Å²) in [5.74, 6) is 2.54. The third-order valence-corrected chi connectivity index (χ3v) is 7.59. The Morgan fingerprint density at radius 2 is 1.77 bits per heavy atom. The highest BCUT2D eigenvalue weighted by Crippen LogP contribution is 2.61. The van der Waals surface area contributed by atoms with Crippen LogP contribution < -0.4 is 5.32 Å². The molecule has 3 amide bonds. The number of nitrogens with one attached hydrogen (secondary N) is 1. The van der Waals surface area contributed by atoms with Crippen molar-refractivity contribution in [2.24, 2.45) is 30.2 Å². The number of imide groups is 1. The molecule has 5 fully saturated rings. The third-order valence-electron chi connectivity index (χ3n) is 7.59. The summed E-state index contributed by atoms with van der Waals surface area (Å²) in [6.45, 7) is 2.33. The number of urea groups is 1. The van der Waals surface area contributed by atoms with Crippen LogP contribution >= 0.6 is 0 Å². The molecule has 6 heteroatoms. The Balaban J connectivity index is 1.32. The monoisotopic (exact) mass is 356 g/mol. The number of rotatable bonds is 4. The summed E-state index contributed by atoms with van der Waals surface area (Å²) < 4.78 is 1.66. The first kappa shape index (κ1) is 16.3. The van der Waals surface area contributed by atoms with Crippen LogP contribution in [-0.2, 0) is 17.4 Å². The number of carbonyl (C=O) groups is 2. The minimum atomic E-state index is -0.993. The normalized spacial score (nSPS) is 41.2. The van der Waals surface area contributed by atoms with E-state index in [1.54, 1.807) is 24.0 Å². The Hall–Kier alpha value is -1.85. The van der Waals surface area contributed by atoms with Crippen molar-refractivity contribution in [2.75, 3.05) is 6.54 Å². The van der Waals surface area contributed by atoms with Gasteiger partial charge in [-0.15, -0.1) is 0 Å². The van der Waals surface area contributed by atoms with Gasteiger partial charge in [-0.25, -0.2) is 4.79 Å². The van der Waals surface area contributed by atoms with E-state index >= 15 is 0 Å². The molecule has 0 spiro atoms. The number of aromatic nitrogens is 2. The van der Waals surface area contributed by atoms with Crippen LogP contribution in [0.25, 0.3) is 0 Å². The Labute approximate surface area is 154 Å². The smallest absolute Gasteiger partial charge is 0.319 e. The van der Waals surface area contributed by atoms with E-state index in [2.05, 4.69) is 10.4 Å². The predicted octanol–water partition coefficient (Wildman–Crippen LogP) is 2.79. The second-order valence-electron chi connectivity index (χ2n) is 9.58. The summed E-state index contributed by atoms with van der Waals surface area (Å²) in [6.07, 6.45) is 12.6. The Morgan fingerprint density at radius 1 is 1.15 bits per heavy atom. The molecule has 1 atom stereocenters. The average molecular weight is 356 g/mol. The maximum absolute atomic E-state index is 13.1. The number of nitrogens with zero attached hydrogens (tertiary/aromatic N) is 3. The standard InChI is InChI=1S/C20H28N4O2/c1-19(16-11-21-23(2)12-16)17(25)24(18(26)22-19)4-3-20-8-13-5-14(9-20)7-15(6-13)10-20/h11-15H,3-10H2,1-2H3,(H,22,26). The SMILES string of the molecule is Cn1cc(C2(C)NC(=O)N(CCC34CC5CC(CC(C5)C3)C4)C2=O)cn1. The van der Waals surface area contributed by atoms with Crippen LogP contribution in [0, 0.1) is 23.2 Å². The van der Waals surface area contributed by atoms with Crippen LogP contribution in [0.15, 0.2) is 12.4 Å². The summed E-state index contributed by atoms with van der Waals surface area (Å²) in [6, 6.07) is -0.258. The molecule has 4 bridgehead atoms. The molecule has 26 heavy (non-hydrogen) atoms. The van der Waals surface area contributed by atoms with Gasteiger partial charge in [0, 0.05) is 25.4 Å². The van der Waals surface area contributed by atoms with Gasteiger partial charge >= 0.3 is 6.03 Å². The quantitative estimate of drug-likeness (QED) is 0.844. The second kappa shape index (κ2) is 5.33. The molecule has 1 aromatic rings. The van der Waals surface area contributed by atoms with E-state index in [1.165, 1.54) is 43.4 Å². The molecule has 0 radical (unpaired) electrons. The highest BCUT2D eigenvalue weighted by atomic mass is 16.2. The van der Waals surface area contributed by atoms with Crippen molar-refractivity contribution in [1.82, 2.24) is 20.0 Å². The van der Waals surface area contributed by atoms with Gasteiger partial charge in [0.05, 0.1) is 6.20 Å². The second-order valence-corrected chi connectivity index (χ2v) is 9.58. The third kappa shape index (κ3) is 2.33. The fourth-order valence-electron chi connectivity index (χ4n) is 6.72. The zero-order valence-corrected chi connectivity index (χ0v) is 15.7. The summed E-state index contributed by atoms with van der Waals surface area (Å²) in [5.41, 5.74) is 0.130. The van der Waals surface area contributed by atoms with Gasteiger partial charge in [-0.05, 0) is 75.0 Å². The highest BCUT2D eigenvalue weighted by molar-refractivity contribution is 6.07. The number of hydrogen-bond donors (Lipinski definition) is 1. The molecular formula is C20H28N4O2. The van der Waals surface area contributed by atoms with Crippen molar-refractivity contribution < 1.29 is 9.59 Å². The molecule has 1 saturated heterocycles. The van der Waals surface area contributed by atoms with Crippen LogP contribution in [0.5, 0.6) is 0 Å². The van der Waals surface area contributed by atoms with E-state index < -0.39 is 5.54 Å².